The first-order valence-corrected chi connectivity index (χ1v) is 12.3. The van der Waals surface area contributed by atoms with Crippen LogP contribution in [-0.2, 0) is 6.61 Å². The molecule has 2 N–H and O–H groups in total. The van der Waals surface area contributed by atoms with Crippen LogP contribution in [0.25, 0.3) is 0 Å². The van der Waals surface area contributed by atoms with Gasteiger partial charge in [-0.1, -0.05) is 42.7 Å². The highest BCUT2D eigenvalue weighted by molar-refractivity contribution is 7.09. The van der Waals surface area contributed by atoms with E-state index >= 15 is 0 Å². The van der Waals surface area contributed by atoms with E-state index in [2.05, 4.69) is 15.6 Å². The smallest absolute Gasteiger partial charge is 0.271 e. The lowest BCUT2D eigenvalue weighted by molar-refractivity contribution is 0.0860. The molecular formula is C26H29N3O4S. The second-order valence-electron chi connectivity index (χ2n) is 8.38. The fraction of sp³-hybridized carbons (Fsp3) is 0.346. The molecule has 4 rings (SSSR count). The Balaban J connectivity index is 1.35. The van der Waals surface area contributed by atoms with Gasteiger partial charge in [-0.2, -0.15) is 0 Å². The highest BCUT2D eigenvalue weighted by Crippen LogP contribution is 2.27. The molecule has 0 aliphatic heterocycles. The van der Waals surface area contributed by atoms with Crippen LogP contribution in [0.5, 0.6) is 11.5 Å². The predicted octanol–water partition coefficient (Wildman–Crippen LogP) is 4.51. The number of nitrogens with zero attached hydrogens (tertiary/aromatic N) is 1. The summed E-state index contributed by atoms with van der Waals surface area (Å²) in [4.78, 5) is 30.0. The summed E-state index contributed by atoms with van der Waals surface area (Å²) in [5.41, 5.74) is 2.09. The minimum atomic E-state index is -0.235. The van der Waals surface area contributed by atoms with E-state index in [1.165, 1.54) is 11.3 Å². The summed E-state index contributed by atoms with van der Waals surface area (Å²) < 4.78 is 11.1. The topological polar surface area (TPSA) is 89.6 Å². The first-order valence-electron chi connectivity index (χ1n) is 11.4. The molecule has 0 radical (unpaired) electrons. The number of carbonyl (C=O) groups is 2. The number of amides is 2. The molecule has 34 heavy (non-hydrogen) atoms. The number of ether oxygens (including phenoxy) is 2. The Bertz CT molecular complexity index is 1130. The maximum Gasteiger partial charge on any atom is 0.271 e. The van der Waals surface area contributed by atoms with Gasteiger partial charge in [0.15, 0.2) is 11.5 Å². The van der Waals surface area contributed by atoms with Gasteiger partial charge in [-0.25, -0.2) is 4.98 Å². The van der Waals surface area contributed by atoms with Crippen molar-refractivity contribution in [3.8, 4) is 11.5 Å². The summed E-state index contributed by atoms with van der Waals surface area (Å²) in [6.45, 7) is 2.24. The van der Waals surface area contributed by atoms with E-state index in [1.807, 2.05) is 55.5 Å². The van der Waals surface area contributed by atoms with E-state index < -0.39 is 0 Å². The van der Waals surface area contributed by atoms with Gasteiger partial charge < -0.3 is 20.1 Å². The highest BCUT2D eigenvalue weighted by atomic mass is 32.1. The van der Waals surface area contributed by atoms with E-state index in [1.54, 1.807) is 12.5 Å². The Labute approximate surface area is 203 Å². The Hall–Kier alpha value is -3.39. The molecule has 0 bridgehead atoms. The Morgan fingerprint density at radius 2 is 1.62 bits per heavy atom. The summed E-state index contributed by atoms with van der Waals surface area (Å²) in [6, 6.07) is 14.7. The third kappa shape index (κ3) is 5.94. The number of para-hydroxylation sites is 2. The average molecular weight is 480 g/mol. The van der Waals surface area contributed by atoms with Gasteiger partial charge in [0.2, 0.25) is 0 Å². The lowest BCUT2D eigenvalue weighted by Gasteiger charge is -2.32. The molecule has 0 spiro atoms. The zero-order valence-corrected chi connectivity index (χ0v) is 20.2. The number of rotatable bonds is 8. The number of benzene rings is 2. The maximum atomic E-state index is 12.9. The first-order chi connectivity index (χ1) is 16.5. The van der Waals surface area contributed by atoms with Gasteiger partial charge in [-0.05, 0) is 44.0 Å². The number of hydrogen-bond donors (Lipinski definition) is 2. The molecule has 2 atom stereocenters. The standard InChI is InChI=1S/C26H29N3O4S/c1-17-11-13-18(14-12-17)25(30)28-19-7-3-4-8-20(19)29-26(31)21-16-34-24(27-21)15-33-23-10-6-5-9-22(23)32-2/h5-6,9-14,16,19-20H,3-4,7-8,15H2,1-2H3,(H,28,30)(H,29,31). The molecule has 1 heterocycles. The number of nitrogens with one attached hydrogen (secondary N) is 2. The van der Waals surface area contributed by atoms with Gasteiger partial charge in [0, 0.05) is 23.0 Å². The molecule has 8 heteroatoms. The SMILES string of the molecule is COc1ccccc1OCc1nc(C(=O)NC2CCCCC2NC(=O)c2ccc(C)cc2)cs1. The van der Waals surface area contributed by atoms with Crippen molar-refractivity contribution in [2.75, 3.05) is 7.11 Å². The fourth-order valence-corrected chi connectivity index (χ4v) is 4.72. The van der Waals surface area contributed by atoms with E-state index in [0.717, 1.165) is 31.2 Å². The molecule has 2 unspecified atom stereocenters. The van der Waals surface area contributed by atoms with Crippen molar-refractivity contribution >= 4 is 23.2 Å². The molecular weight excluding hydrogens is 450 g/mol. The molecule has 2 amide bonds. The van der Waals surface area contributed by atoms with E-state index in [9.17, 15) is 9.59 Å². The van der Waals surface area contributed by atoms with Crippen LogP contribution in [0.4, 0.5) is 0 Å². The molecule has 2 aromatic carbocycles. The number of aromatic nitrogens is 1. The normalized spacial score (nSPS) is 17.6. The monoisotopic (exact) mass is 479 g/mol. The second kappa shape index (κ2) is 11.2. The van der Waals surface area contributed by atoms with Gasteiger partial charge >= 0.3 is 0 Å². The molecule has 7 nitrogen and oxygen atoms in total. The van der Waals surface area contributed by atoms with Crippen molar-refractivity contribution in [1.82, 2.24) is 15.6 Å². The predicted molar refractivity (Wildman–Crippen MR) is 132 cm³/mol. The molecule has 1 fully saturated rings. The lowest BCUT2D eigenvalue weighted by atomic mass is 9.90. The van der Waals surface area contributed by atoms with Crippen molar-refractivity contribution in [2.24, 2.45) is 0 Å². The minimum Gasteiger partial charge on any atom is -0.493 e. The highest BCUT2D eigenvalue weighted by Gasteiger charge is 2.29. The van der Waals surface area contributed by atoms with Crippen LogP contribution in [0, 0.1) is 6.92 Å². The summed E-state index contributed by atoms with van der Waals surface area (Å²) in [5, 5.41) is 8.63. The van der Waals surface area contributed by atoms with Crippen LogP contribution < -0.4 is 20.1 Å². The maximum absolute atomic E-state index is 12.9. The zero-order chi connectivity index (χ0) is 23.9. The Morgan fingerprint density at radius 3 is 2.29 bits per heavy atom. The summed E-state index contributed by atoms with van der Waals surface area (Å²) in [5.74, 6) is 0.922. The number of carbonyl (C=O) groups excluding carboxylic acids is 2. The van der Waals surface area contributed by atoms with Gasteiger partial charge in [-0.15, -0.1) is 11.3 Å². The van der Waals surface area contributed by atoms with Crippen LogP contribution in [-0.4, -0.2) is 36.0 Å². The number of aryl methyl sites for hydroxylation is 1. The van der Waals surface area contributed by atoms with Crippen molar-refractivity contribution in [3.05, 3.63) is 75.7 Å². The van der Waals surface area contributed by atoms with Gasteiger partial charge in [-0.3, -0.25) is 9.59 Å². The van der Waals surface area contributed by atoms with Crippen LogP contribution in [0.1, 0.15) is 57.1 Å². The molecule has 0 saturated heterocycles. The van der Waals surface area contributed by atoms with Crippen LogP contribution in [0.3, 0.4) is 0 Å². The summed E-state index contributed by atoms with van der Waals surface area (Å²) in [7, 11) is 1.59. The summed E-state index contributed by atoms with van der Waals surface area (Å²) >= 11 is 1.37. The largest absolute Gasteiger partial charge is 0.493 e. The van der Waals surface area contributed by atoms with Gasteiger partial charge in [0.1, 0.15) is 17.3 Å². The van der Waals surface area contributed by atoms with Crippen LogP contribution in [0.2, 0.25) is 0 Å². The molecule has 3 aromatic rings. The molecule has 1 saturated carbocycles. The number of hydrogen-bond acceptors (Lipinski definition) is 6. The molecule has 178 valence electrons. The third-order valence-electron chi connectivity index (χ3n) is 5.92. The van der Waals surface area contributed by atoms with E-state index in [4.69, 9.17) is 9.47 Å². The summed E-state index contributed by atoms with van der Waals surface area (Å²) in [6.07, 6.45) is 3.68. The Morgan fingerprint density at radius 1 is 0.971 bits per heavy atom. The van der Waals surface area contributed by atoms with E-state index in [0.29, 0.717) is 27.8 Å². The van der Waals surface area contributed by atoms with Gasteiger partial charge in [0.25, 0.3) is 11.8 Å². The van der Waals surface area contributed by atoms with Crippen molar-refractivity contribution in [2.45, 2.75) is 51.3 Å². The third-order valence-corrected chi connectivity index (χ3v) is 6.74. The van der Waals surface area contributed by atoms with Gasteiger partial charge in [0.05, 0.1) is 7.11 Å². The molecule has 1 aliphatic rings. The molecule has 1 aliphatic carbocycles. The van der Waals surface area contributed by atoms with Crippen molar-refractivity contribution in [1.29, 1.82) is 0 Å². The van der Waals surface area contributed by atoms with Crippen molar-refractivity contribution < 1.29 is 19.1 Å². The number of thiazole rings is 1. The van der Waals surface area contributed by atoms with E-state index in [-0.39, 0.29) is 30.5 Å². The van der Waals surface area contributed by atoms with Crippen LogP contribution in [0.15, 0.2) is 53.9 Å². The van der Waals surface area contributed by atoms with Crippen LogP contribution >= 0.6 is 11.3 Å². The van der Waals surface area contributed by atoms with Crippen molar-refractivity contribution in [3.63, 3.8) is 0 Å². The first kappa shape index (κ1) is 23.8. The lowest BCUT2D eigenvalue weighted by Crippen LogP contribution is -2.53. The fourth-order valence-electron chi connectivity index (χ4n) is 4.03. The second-order valence-corrected chi connectivity index (χ2v) is 9.32. The number of methoxy groups -OCH3 is 1. The average Bonchev–Trinajstić information content (AvgIpc) is 3.34. The zero-order valence-electron chi connectivity index (χ0n) is 19.4. The molecule has 1 aromatic heterocycles. The Kier molecular flexibility index (Phi) is 7.80. The minimum absolute atomic E-state index is 0.113. The quantitative estimate of drug-likeness (QED) is 0.496.